The number of hydrogen-bond donors (Lipinski definition) is 1. The number of rotatable bonds is 6. The molecule has 1 saturated carbocycles. The summed E-state index contributed by atoms with van der Waals surface area (Å²) < 4.78 is 21.3. The zero-order valence-electron chi connectivity index (χ0n) is 16.5. The molecule has 152 valence electrons. The first kappa shape index (κ1) is 20.3. The molecule has 8 nitrogen and oxygen atoms in total. The Morgan fingerprint density at radius 2 is 2.03 bits per heavy atom. The van der Waals surface area contributed by atoms with Gasteiger partial charge < -0.3 is 24.7 Å². The molecule has 0 aromatic heterocycles. The highest BCUT2D eigenvalue weighted by molar-refractivity contribution is 5.92. The van der Waals surface area contributed by atoms with Crippen LogP contribution in [0.5, 0.6) is 11.5 Å². The van der Waals surface area contributed by atoms with Crippen LogP contribution in [0.2, 0.25) is 0 Å². The van der Waals surface area contributed by atoms with E-state index in [1.165, 1.54) is 7.11 Å². The molecule has 1 fully saturated rings. The summed E-state index contributed by atoms with van der Waals surface area (Å²) in [6.07, 6.45) is 1.65. The van der Waals surface area contributed by atoms with Crippen molar-refractivity contribution in [3.8, 4) is 17.6 Å². The van der Waals surface area contributed by atoms with Crippen molar-refractivity contribution in [3.63, 3.8) is 0 Å². The number of benzene rings is 1. The Labute approximate surface area is 168 Å². The fourth-order valence-corrected chi connectivity index (χ4v) is 3.15. The van der Waals surface area contributed by atoms with Crippen LogP contribution < -0.4 is 15.2 Å². The first-order valence-corrected chi connectivity index (χ1v) is 9.26. The SMILES string of the molecule is CCOC(=O)C1=C(C)OC(N)=C(C#N)C1c1ccc(OC(=O)C2CC2)c(OC)c1. The van der Waals surface area contributed by atoms with Gasteiger partial charge in [0.2, 0.25) is 5.88 Å². The van der Waals surface area contributed by atoms with E-state index in [4.69, 9.17) is 24.7 Å². The number of nitrogens with zero attached hydrogens (tertiary/aromatic N) is 1. The van der Waals surface area contributed by atoms with Gasteiger partial charge in [-0.05, 0) is 44.4 Å². The van der Waals surface area contributed by atoms with Crippen LogP contribution >= 0.6 is 0 Å². The molecule has 1 aromatic rings. The third-order valence-corrected chi connectivity index (χ3v) is 4.74. The van der Waals surface area contributed by atoms with E-state index in [9.17, 15) is 14.9 Å². The molecule has 0 amide bonds. The van der Waals surface area contributed by atoms with Gasteiger partial charge in [-0.15, -0.1) is 0 Å². The minimum absolute atomic E-state index is 0.0659. The number of nitrogens with two attached hydrogens (primary N) is 1. The predicted molar refractivity (Wildman–Crippen MR) is 101 cm³/mol. The second-order valence-electron chi connectivity index (χ2n) is 6.72. The molecule has 1 unspecified atom stereocenters. The lowest BCUT2D eigenvalue weighted by Gasteiger charge is -2.27. The molecule has 3 rings (SSSR count). The summed E-state index contributed by atoms with van der Waals surface area (Å²) in [7, 11) is 1.44. The largest absolute Gasteiger partial charge is 0.493 e. The van der Waals surface area contributed by atoms with Gasteiger partial charge in [-0.2, -0.15) is 5.26 Å². The molecule has 1 aromatic carbocycles. The van der Waals surface area contributed by atoms with Crippen molar-refractivity contribution in [2.75, 3.05) is 13.7 Å². The van der Waals surface area contributed by atoms with Gasteiger partial charge in [0.05, 0.1) is 31.1 Å². The molecule has 8 heteroatoms. The number of hydrogen-bond acceptors (Lipinski definition) is 8. The van der Waals surface area contributed by atoms with E-state index >= 15 is 0 Å². The summed E-state index contributed by atoms with van der Waals surface area (Å²) in [6.45, 7) is 3.44. The van der Waals surface area contributed by atoms with Gasteiger partial charge in [0, 0.05) is 0 Å². The van der Waals surface area contributed by atoms with Crippen LogP contribution in [0.1, 0.15) is 38.2 Å². The van der Waals surface area contributed by atoms with Gasteiger partial charge in [-0.25, -0.2) is 4.79 Å². The van der Waals surface area contributed by atoms with Crippen LogP contribution in [-0.4, -0.2) is 25.7 Å². The Morgan fingerprint density at radius 1 is 1.31 bits per heavy atom. The number of ether oxygens (including phenoxy) is 4. The predicted octanol–water partition coefficient (Wildman–Crippen LogP) is 2.66. The molecule has 1 aliphatic heterocycles. The van der Waals surface area contributed by atoms with Crippen LogP contribution in [0, 0.1) is 17.2 Å². The molecule has 0 saturated heterocycles. The topological polar surface area (TPSA) is 121 Å². The average Bonchev–Trinajstić information content (AvgIpc) is 3.53. The lowest BCUT2D eigenvalue weighted by atomic mass is 9.83. The third-order valence-electron chi connectivity index (χ3n) is 4.74. The van der Waals surface area contributed by atoms with Gasteiger partial charge in [0.1, 0.15) is 17.4 Å². The Hall–Kier alpha value is -3.47. The Balaban J connectivity index is 2.04. The highest BCUT2D eigenvalue weighted by Gasteiger charge is 2.37. The summed E-state index contributed by atoms with van der Waals surface area (Å²) in [4.78, 5) is 24.6. The number of allylic oxidation sites excluding steroid dienone is 2. The van der Waals surface area contributed by atoms with Crippen LogP contribution in [0.3, 0.4) is 0 Å². The Morgan fingerprint density at radius 3 is 2.62 bits per heavy atom. The molecule has 0 bridgehead atoms. The highest BCUT2D eigenvalue weighted by atomic mass is 16.6. The van der Waals surface area contributed by atoms with E-state index < -0.39 is 11.9 Å². The first-order valence-electron chi connectivity index (χ1n) is 9.26. The first-order chi connectivity index (χ1) is 13.9. The van der Waals surface area contributed by atoms with E-state index in [0.29, 0.717) is 11.3 Å². The van der Waals surface area contributed by atoms with Crippen molar-refractivity contribution >= 4 is 11.9 Å². The number of carbonyl (C=O) groups excluding carboxylic acids is 2. The maximum absolute atomic E-state index is 12.6. The lowest BCUT2D eigenvalue weighted by molar-refractivity contribution is -0.139. The molecular weight excluding hydrogens is 376 g/mol. The number of nitriles is 1. The maximum Gasteiger partial charge on any atom is 0.338 e. The fourth-order valence-electron chi connectivity index (χ4n) is 3.15. The smallest absolute Gasteiger partial charge is 0.338 e. The number of carbonyl (C=O) groups is 2. The van der Waals surface area contributed by atoms with Gasteiger partial charge >= 0.3 is 11.9 Å². The van der Waals surface area contributed by atoms with Crippen molar-refractivity contribution in [1.82, 2.24) is 0 Å². The fraction of sp³-hybridized carbons (Fsp3) is 0.381. The molecule has 2 aliphatic rings. The van der Waals surface area contributed by atoms with Crippen molar-refractivity contribution in [2.45, 2.75) is 32.6 Å². The second-order valence-corrected chi connectivity index (χ2v) is 6.72. The van der Waals surface area contributed by atoms with Gasteiger partial charge in [0.25, 0.3) is 0 Å². The summed E-state index contributed by atoms with van der Waals surface area (Å²) in [5, 5.41) is 9.63. The Bertz CT molecular complexity index is 952. The van der Waals surface area contributed by atoms with E-state index in [-0.39, 0.29) is 47.0 Å². The number of methoxy groups -OCH3 is 1. The van der Waals surface area contributed by atoms with Crippen molar-refractivity contribution in [1.29, 1.82) is 5.26 Å². The van der Waals surface area contributed by atoms with Crippen molar-refractivity contribution in [3.05, 3.63) is 46.6 Å². The van der Waals surface area contributed by atoms with E-state index in [1.807, 2.05) is 6.07 Å². The second kappa shape index (κ2) is 8.27. The zero-order chi connectivity index (χ0) is 21.1. The maximum atomic E-state index is 12.6. The van der Waals surface area contributed by atoms with Gasteiger partial charge in [-0.3, -0.25) is 4.79 Å². The lowest BCUT2D eigenvalue weighted by Crippen LogP contribution is -2.25. The van der Waals surface area contributed by atoms with E-state index in [1.54, 1.807) is 32.0 Å². The van der Waals surface area contributed by atoms with Crippen LogP contribution in [0.4, 0.5) is 0 Å². The van der Waals surface area contributed by atoms with Crippen molar-refractivity contribution in [2.24, 2.45) is 11.7 Å². The minimum atomic E-state index is -0.796. The summed E-state index contributed by atoms with van der Waals surface area (Å²) in [6, 6.07) is 6.87. The standard InChI is InChI=1S/C21H22N2O6/c1-4-27-21(25)17-11(2)28-19(23)14(10-22)18(17)13-7-8-15(16(9-13)26-3)29-20(24)12-5-6-12/h7-9,12,18H,4-6,23H2,1-3H3. The molecule has 0 radical (unpaired) electrons. The molecule has 1 heterocycles. The van der Waals surface area contributed by atoms with Crippen LogP contribution in [0.15, 0.2) is 41.0 Å². The summed E-state index contributed by atoms with van der Waals surface area (Å²) in [5.41, 5.74) is 6.72. The normalized spacial score (nSPS) is 18.6. The van der Waals surface area contributed by atoms with Crippen molar-refractivity contribution < 1.29 is 28.5 Å². The molecule has 1 atom stereocenters. The highest BCUT2D eigenvalue weighted by Crippen LogP contribution is 2.42. The van der Waals surface area contributed by atoms with Gasteiger partial charge in [0.15, 0.2) is 11.5 Å². The zero-order valence-corrected chi connectivity index (χ0v) is 16.5. The third kappa shape index (κ3) is 4.04. The Kier molecular flexibility index (Phi) is 5.78. The quantitative estimate of drug-likeness (QED) is 0.573. The van der Waals surface area contributed by atoms with Gasteiger partial charge in [-0.1, -0.05) is 6.07 Å². The summed E-state index contributed by atoms with van der Waals surface area (Å²) in [5.74, 6) is -1.00. The molecular formula is C21H22N2O6. The molecule has 29 heavy (non-hydrogen) atoms. The van der Waals surface area contributed by atoms with E-state index in [0.717, 1.165) is 12.8 Å². The van der Waals surface area contributed by atoms with Crippen LogP contribution in [-0.2, 0) is 19.1 Å². The molecule has 0 spiro atoms. The monoisotopic (exact) mass is 398 g/mol. The molecule has 2 N–H and O–H groups in total. The van der Waals surface area contributed by atoms with E-state index in [2.05, 4.69) is 0 Å². The minimum Gasteiger partial charge on any atom is -0.493 e. The summed E-state index contributed by atoms with van der Waals surface area (Å²) >= 11 is 0. The average molecular weight is 398 g/mol. The molecule has 1 aliphatic carbocycles. The van der Waals surface area contributed by atoms with Crippen LogP contribution in [0.25, 0.3) is 0 Å². The number of esters is 2.